The molecule has 1 atom stereocenters. The topological polar surface area (TPSA) is 52.6 Å². The van der Waals surface area contributed by atoms with E-state index in [1.165, 1.54) is 25.0 Å². The van der Waals surface area contributed by atoms with Crippen molar-refractivity contribution in [3.8, 4) is 5.75 Å². The van der Waals surface area contributed by atoms with Crippen LogP contribution in [0.1, 0.15) is 29.6 Å². The molecule has 1 saturated heterocycles. The van der Waals surface area contributed by atoms with Crippen molar-refractivity contribution in [1.29, 1.82) is 0 Å². The van der Waals surface area contributed by atoms with Crippen LogP contribution in [0, 0.1) is 0 Å². The highest BCUT2D eigenvalue weighted by Crippen LogP contribution is 2.21. The Labute approximate surface area is 118 Å². The zero-order chi connectivity index (χ0) is 13.8. The Kier molecular flexibility index (Phi) is 4.66. The molecule has 0 aliphatic carbocycles. The number of likely N-dealkylation sites (tertiary alicyclic amines) is 1. The van der Waals surface area contributed by atoms with E-state index < -0.39 is 0 Å². The third-order valence-electron chi connectivity index (χ3n) is 3.62. The van der Waals surface area contributed by atoms with Gasteiger partial charge in [0.2, 0.25) is 0 Å². The van der Waals surface area contributed by atoms with Crippen LogP contribution in [0.5, 0.6) is 5.75 Å². The van der Waals surface area contributed by atoms with E-state index in [4.69, 9.17) is 11.6 Å². The normalized spacial score (nSPS) is 20.2. The van der Waals surface area contributed by atoms with Gasteiger partial charge in [0, 0.05) is 17.6 Å². The summed E-state index contributed by atoms with van der Waals surface area (Å²) < 4.78 is 0. The number of nitrogens with zero attached hydrogens (tertiary/aromatic N) is 1. The molecule has 0 radical (unpaired) electrons. The Morgan fingerprint density at radius 2 is 2.32 bits per heavy atom. The number of carbonyl (C=O) groups excluding carboxylic acids is 1. The Morgan fingerprint density at radius 3 is 3.05 bits per heavy atom. The van der Waals surface area contributed by atoms with E-state index in [2.05, 4.69) is 17.3 Å². The third-order valence-corrected chi connectivity index (χ3v) is 3.86. The Morgan fingerprint density at radius 1 is 1.53 bits per heavy atom. The monoisotopic (exact) mass is 282 g/mol. The number of phenolic OH excluding ortho intramolecular Hbond substituents is 1. The van der Waals surface area contributed by atoms with Crippen molar-refractivity contribution in [2.45, 2.75) is 25.3 Å². The molecule has 1 amide bonds. The first-order valence-corrected chi connectivity index (χ1v) is 6.92. The Balaban J connectivity index is 1.95. The fourth-order valence-corrected chi connectivity index (χ4v) is 2.57. The zero-order valence-electron chi connectivity index (χ0n) is 11.0. The second-order valence-electron chi connectivity index (χ2n) is 5.00. The zero-order valence-corrected chi connectivity index (χ0v) is 11.8. The minimum atomic E-state index is -0.279. The molecule has 104 valence electrons. The van der Waals surface area contributed by atoms with E-state index in [9.17, 15) is 9.90 Å². The van der Waals surface area contributed by atoms with Gasteiger partial charge in [-0.05, 0) is 44.6 Å². The van der Waals surface area contributed by atoms with Gasteiger partial charge in [-0.25, -0.2) is 0 Å². The molecule has 1 aliphatic rings. The van der Waals surface area contributed by atoms with Gasteiger partial charge in [0.1, 0.15) is 5.75 Å². The predicted octanol–water partition coefficient (Wildman–Crippen LogP) is 2.26. The van der Waals surface area contributed by atoms with Crippen LogP contribution >= 0.6 is 11.6 Å². The quantitative estimate of drug-likeness (QED) is 0.894. The molecule has 1 heterocycles. The van der Waals surface area contributed by atoms with Crippen molar-refractivity contribution < 1.29 is 9.90 Å². The van der Waals surface area contributed by atoms with Crippen LogP contribution in [0.3, 0.4) is 0 Å². The molecule has 0 saturated carbocycles. The molecule has 1 aliphatic heterocycles. The van der Waals surface area contributed by atoms with Crippen molar-refractivity contribution in [3.05, 3.63) is 28.8 Å². The highest BCUT2D eigenvalue weighted by atomic mass is 35.5. The largest absolute Gasteiger partial charge is 0.507 e. The number of nitrogens with one attached hydrogen (secondary N) is 1. The van der Waals surface area contributed by atoms with Gasteiger partial charge in [-0.2, -0.15) is 0 Å². The van der Waals surface area contributed by atoms with Crippen molar-refractivity contribution >= 4 is 17.5 Å². The molecule has 0 spiro atoms. The highest BCUT2D eigenvalue weighted by molar-refractivity contribution is 6.31. The minimum absolute atomic E-state index is 0.0427. The first-order chi connectivity index (χ1) is 9.08. The van der Waals surface area contributed by atoms with Gasteiger partial charge in [-0.1, -0.05) is 18.0 Å². The lowest BCUT2D eigenvalue weighted by Gasteiger charge is -2.32. The molecule has 0 bridgehead atoms. The number of hydrogen-bond donors (Lipinski definition) is 2. The maximum Gasteiger partial charge on any atom is 0.255 e. The summed E-state index contributed by atoms with van der Waals surface area (Å²) in [7, 11) is 2.08. The number of amides is 1. The van der Waals surface area contributed by atoms with Crippen molar-refractivity contribution in [2.24, 2.45) is 0 Å². The first kappa shape index (κ1) is 14.2. The number of carbonyl (C=O) groups is 1. The van der Waals surface area contributed by atoms with E-state index in [-0.39, 0.29) is 17.2 Å². The molecule has 2 N–H and O–H groups in total. The van der Waals surface area contributed by atoms with E-state index in [0.29, 0.717) is 17.6 Å². The van der Waals surface area contributed by atoms with E-state index in [0.717, 1.165) is 13.0 Å². The van der Waals surface area contributed by atoms with Gasteiger partial charge in [0.15, 0.2) is 0 Å². The SMILES string of the molecule is CN1CCCCC1CNC(=O)c1cc(Cl)ccc1O. The standard InChI is InChI=1S/C14H19ClN2O2/c1-17-7-3-2-4-11(17)9-16-14(19)12-8-10(15)5-6-13(12)18/h5-6,8,11,18H,2-4,7,9H2,1H3,(H,16,19). The molecule has 5 heteroatoms. The van der Waals surface area contributed by atoms with Crippen LogP contribution < -0.4 is 5.32 Å². The molecule has 19 heavy (non-hydrogen) atoms. The summed E-state index contributed by atoms with van der Waals surface area (Å²) in [5.41, 5.74) is 0.228. The van der Waals surface area contributed by atoms with E-state index in [1.54, 1.807) is 6.07 Å². The van der Waals surface area contributed by atoms with E-state index in [1.807, 2.05) is 0 Å². The van der Waals surface area contributed by atoms with Gasteiger partial charge >= 0.3 is 0 Å². The van der Waals surface area contributed by atoms with Crippen molar-refractivity contribution in [3.63, 3.8) is 0 Å². The average Bonchev–Trinajstić information content (AvgIpc) is 2.40. The maximum atomic E-state index is 12.0. The van der Waals surface area contributed by atoms with Crippen LogP contribution in [-0.4, -0.2) is 42.1 Å². The minimum Gasteiger partial charge on any atom is -0.507 e. The molecular weight excluding hydrogens is 264 g/mol. The molecule has 1 unspecified atom stereocenters. The van der Waals surface area contributed by atoms with Gasteiger partial charge in [-0.15, -0.1) is 0 Å². The summed E-state index contributed by atoms with van der Waals surface area (Å²) in [4.78, 5) is 14.3. The number of likely N-dealkylation sites (N-methyl/N-ethyl adjacent to an activating group) is 1. The van der Waals surface area contributed by atoms with Crippen LogP contribution in [-0.2, 0) is 0 Å². The first-order valence-electron chi connectivity index (χ1n) is 6.55. The molecule has 4 nitrogen and oxygen atoms in total. The fourth-order valence-electron chi connectivity index (χ4n) is 2.40. The predicted molar refractivity (Wildman–Crippen MR) is 75.7 cm³/mol. The molecular formula is C14H19ClN2O2. The van der Waals surface area contributed by atoms with Gasteiger partial charge in [-0.3, -0.25) is 4.79 Å². The molecule has 1 fully saturated rings. The number of benzene rings is 1. The van der Waals surface area contributed by atoms with Crippen LogP contribution in [0.2, 0.25) is 5.02 Å². The van der Waals surface area contributed by atoms with E-state index >= 15 is 0 Å². The summed E-state index contributed by atoms with van der Waals surface area (Å²) in [6, 6.07) is 4.85. The summed E-state index contributed by atoms with van der Waals surface area (Å²) >= 11 is 5.83. The van der Waals surface area contributed by atoms with Crippen LogP contribution in [0.25, 0.3) is 0 Å². The summed E-state index contributed by atoms with van der Waals surface area (Å²) in [5, 5.41) is 13.0. The van der Waals surface area contributed by atoms with Crippen LogP contribution in [0.15, 0.2) is 18.2 Å². The fraction of sp³-hybridized carbons (Fsp3) is 0.500. The summed E-state index contributed by atoms with van der Waals surface area (Å²) in [6.45, 7) is 1.67. The molecule has 1 aromatic rings. The lowest BCUT2D eigenvalue weighted by Crippen LogP contribution is -2.44. The highest BCUT2D eigenvalue weighted by Gasteiger charge is 2.20. The Bertz CT molecular complexity index is 465. The number of hydrogen-bond acceptors (Lipinski definition) is 3. The Hall–Kier alpha value is -1.26. The smallest absolute Gasteiger partial charge is 0.255 e. The van der Waals surface area contributed by atoms with Gasteiger partial charge in [0.05, 0.1) is 5.56 Å². The molecule has 0 aromatic heterocycles. The van der Waals surface area contributed by atoms with Crippen molar-refractivity contribution in [1.82, 2.24) is 10.2 Å². The van der Waals surface area contributed by atoms with Crippen LogP contribution in [0.4, 0.5) is 0 Å². The van der Waals surface area contributed by atoms with Crippen molar-refractivity contribution in [2.75, 3.05) is 20.1 Å². The summed E-state index contributed by atoms with van der Waals surface area (Å²) in [6.07, 6.45) is 3.52. The average molecular weight is 283 g/mol. The van der Waals surface area contributed by atoms with Gasteiger partial charge in [0.25, 0.3) is 5.91 Å². The third kappa shape index (κ3) is 3.61. The second-order valence-corrected chi connectivity index (χ2v) is 5.44. The summed E-state index contributed by atoms with van der Waals surface area (Å²) in [5.74, 6) is -0.321. The molecule has 1 aromatic carbocycles. The number of rotatable bonds is 3. The number of aromatic hydroxyl groups is 1. The van der Waals surface area contributed by atoms with Gasteiger partial charge < -0.3 is 15.3 Å². The lowest BCUT2D eigenvalue weighted by atomic mass is 10.0. The number of piperidine rings is 1. The maximum absolute atomic E-state index is 12.0. The number of halogens is 1. The lowest BCUT2D eigenvalue weighted by molar-refractivity contribution is 0.0926. The number of phenols is 1. The molecule has 2 rings (SSSR count). The second kappa shape index (κ2) is 6.26.